The van der Waals surface area contributed by atoms with Crippen molar-refractivity contribution < 1.29 is 14.6 Å². The Balaban J connectivity index is 2.01. The number of amides is 1. The molecular formula is C13H21N3O3. The molecule has 1 aliphatic heterocycles. The summed E-state index contributed by atoms with van der Waals surface area (Å²) in [5, 5.41) is 13.5. The van der Waals surface area contributed by atoms with Crippen molar-refractivity contribution in [1.29, 1.82) is 0 Å². The highest BCUT2D eigenvalue weighted by Gasteiger charge is 2.28. The van der Waals surface area contributed by atoms with Gasteiger partial charge < -0.3 is 14.7 Å². The van der Waals surface area contributed by atoms with Crippen LogP contribution >= 0.6 is 0 Å². The molecule has 6 nitrogen and oxygen atoms in total. The molecule has 1 aliphatic rings. The largest absolute Gasteiger partial charge is 0.394 e. The molecule has 1 N–H and O–H groups in total. The molecule has 1 saturated heterocycles. The minimum Gasteiger partial charge on any atom is -0.394 e. The predicted octanol–water partition coefficient (Wildman–Crippen LogP) is 0.108. The van der Waals surface area contributed by atoms with E-state index in [1.54, 1.807) is 9.58 Å². The van der Waals surface area contributed by atoms with Crippen molar-refractivity contribution in [2.24, 2.45) is 0 Å². The molecule has 2 unspecified atom stereocenters. The van der Waals surface area contributed by atoms with Crippen molar-refractivity contribution in [2.45, 2.75) is 39.5 Å². The van der Waals surface area contributed by atoms with E-state index in [9.17, 15) is 4.79 Å². The molecule has 2 heterocycles. The lowest BCUT2D eigenvalue weighted by molar-refractivity contribution is -0.147. The minimum atomic E-state index is -0.284. The normalized spacial score (nSPS) is 23.7. The van der Waals surface area contributed by atoms with Gasteiger partial charge in [0.15, 0.2) is 0 Å². The van der Waals surface area contributed by atoms with Gasteiger partial charge in [0, 0.05) is 18.8 Å². The van der Waals surface area contributed by atoms with Gasteiger partial charge in [-0.3, -0.25) is 9.48 Å². The summed E-state index contributed by atoms with van der Waals surface area (Å²) in [6.45, 7) is 6.94. The van der Waals surface area contributed by atoms with Crippen molar-refractivity contribution in [3.8, 4) is 0 Å². The van der Waals surface area contributed by atoms with E-state index in [1.807, 2.05) is 26.8 Å². The maximum Gasteiger partial charge on any atom is 0.244 e. The van der Waals surface area contributed by atoms with Crippen LogP contribution in [0, 0.1) is 13.8 Å². The molecular weight excluding hydrogens is 246 g/mol. The van der Waals surface area contributed by atoms with Crippen LogP contribution in [0.1, 0.15) is 18.3 Å². The molecule has 0 saturated carbocycles. The monoisotopic (exact) mass is 267 g/mol. The Bertz CT molecular complexity index is 458. The molecule has 6 heteroatoms. The summed E-state index contributed by atoms with van der Waals surface area (Å²) in [5.74, 6) is 0.0137. The van der Waals surface area contributed by atoms with Gasteiger partial charge in [0.2, 0.25) is 5.91 Å². The summed E-state index contributed by atoms with van der Waals surface area (Å²) in [6.07, 6.45) is -0.330. The molecule has 0 bridgehead atoms. The molecule has 2 rings (SSSR count). The minimum absolute atomic E-state index is 0.0137. The first-order valence-electron chi connectivity index (χ1n) is 6.54. The second-order valence-electron chi connectivity index (χ2n) is 5.13. The topological polar surface area (TPSA) is 67.6 Å². The number of aliphatic hydroxyl groups is 1. The highest BCUT2D eigenvalue weighted by atomic mass is 16.5. The van der Waals surface area contributed by atoms with Gasteiger partial charge in [-0.2, -0.15) is 5.10 Å². The van der Waals surface area contributed by atoms with Gasteiger partial charge in [0.25, 0.3) is 0 Å². The number of morpholine rings is 1. The number of aliphatic hydroxyl groups excluding tert-OH is 1. The standard InChI is InChI=1S/C13H21N3O3/c1-9-4-10(2)16(14-9)7-13(18)15-5-11(3)19-12(6-15)8-17/h4,11-12,17H,5-8H2,1-3H3. The quantitative estimate of drug-likeness (QED) is 0.844. The summed E-state index contributed by atoms with van der Waals surface area (Å²) < 4.78 is 7.24. The highest BCUT2D eigenvalue weighted by Crippen LogP contribution is 2.12. The zero-order valence-corrected chi connectivity index (χ0v) is 11.7. The first kappa shape index (κ1) is 14.0. The van der Waals surface area contributed by atoms with E-state index in [2.05, 4.69) is 5.10 Å². The van der Waals surface area contributed by atoms with Crippen molar-refractivity contribution in [3.63, 3.8) is 0 Å². The fraction of sp³-hybridized carbons (Fsp3) is 0.692. The SMILES string of the molecule is Cc1cc(C)n(CC(=O)N2CC(C)OC(CO)C2)n1. The van der Waals surface area contributed by atoms with Gasteiger partial charge in [-0.05, 0) is 26.8 Å². The van der Waals surface area contributed by atoms with Gasteiger partial charge in [0.1, 0.15) is 6.54 Å². The van der Waals surface area contributed by atoms with E-state index in [-0.39, 0.29) is 31.3 Å². The van der Waals surface area contributed by atoms with Crippen LogP contribution in [0.4, 0.5) is 0 Å². The lowest BCUT2D eigenvalue weighted by Crippen LogP contribution is -2.51. The predicted molar refractivity (Wildman–Crippen MR) is 69.7 cm³/mol. The van der Waals surface area contributed by atoms with E-state index >= 15 is 0 Å². The van der Waals surface area contributed by atoms with Crippen molar-refractivity contribution in [2.75, 3.05) is 19.7 Å². The number of nitrogens with zero attached hydrogens (tertiary/aromatic N) is 3. The lowest BCUT2D eigenvalue weighted by Gasteiger charge is -2.36. The first-order valence-corrected chi connectivity index (χ1v) is 6.54. The van der Waals surface area contributed by atoms with Crippen molar-refractivity contribution in [1.82, 2.24) is 14.7 Å². The third kappa shape index (κ3) is 3.33. The van der Waals surface area contributed by atoms with Gasteiger partial charge in [0.05, 0.1) is 24.5 Å². The van der Waals surface area contributed by atoms with Crippen LogP contribution in [0.3, 0.4) is 0 Å². The second-order valence-corrected chi connectivity index (χ2v) is 5.13. The van der Waals surface area contributed by atoms with Crippen LogP contribution in [0.25, 0.3) is 0 Å². The van der Waals surface area contributed by atoms with Crippen molar-refractivity contribution >= 4 is 5.91 Å². The van der Waals surface area contributed by atoms with E-state index in [0.717, 1.165) is 11.4 Å². The number of rotatable bonds is 3. The van der Waals surface area contributed by atoms with Crippen LogP contribution in [0.2, 0.25) is 0 Å². The molecule has 1 aromatic rings. The van der Waals surface area contributed by atoms with Crippen LogP contribution in [0.5, 0.6) is 0 Å². The van der Waals surface area contributed by atoms with Crippen LogP contribution in [-0.4, -0.2) is 57.6 Å². The van der Waals surface area contributed by atoms with Gasteiger partial charge in [-0.25, -0.2) is 0 Å². The van der Waals surface area contributed by atoms with Crippen LogP contribution in [0.15, 0.2) is 6.07 Å². The smallest absolute Gasteiger partial charge is 0.244 e. The van der Waals surface area contributed by atoms with Crippen LogP contribution < -0.4 is 0 Å². The molecule has 0 aliphatic carbocycles. The van der Waals surface area contributed by atoms with Gasteiger partial charge >= 0.3 is 0 Å². The van der Waals surface area contributed by atoms with E-state index < -0.39 is 0 Å². The average Bonchev–Trinajstić information content (AvgIpc) is 2.67. The first-order chi connectivity index (χ1) is 8.99. The molecule has 0 radical (unpaired) electrons. The summed E-state index contributed by atoms with van der Waals surface area (Å²) >= 11 is 0. The molecule has 106 valence electrons. The molecule has 1 fully saturated rings. The Morgan fingerprint density at radius 1 is 1.53 bits per heavy atom. The number of aromatic nitrogens is 2. The second kappa shape index (κ2) is 5.71. The third-order valence-corrected chi connectivity index (χ3v) is 3.27. The van der Waals surface area contributed by atoms with E-state index in [4.69, 9.17) is 9.84 Å². The number of aryl methyl sites for hydroxylation is 2. The molecule has 1 amide bonds. The number of hydrogen-bond acceptors (Lipinski definition) is 4. The Labute approximate surface area is 113 Å². The third-order valence-electron chi connectivity index (χ3n) is 3.27. The Kier molecular flexibility index (Phi) is 4.21. The fourth-order valence-corrected chi connectivity index (χ4v) is 2.41. The summed E-state index contributed by atoms with van der Waals surface area (Å²) in [4.78, 5) is 14.0. The number of carbonyl (C=O) groups is 1. The lowest BCUT2D eigenvalue weighted by atomic mass is 10.2. The highest BCUT2D eigenvalue weighted by molar-refractivity contribution is 5.76. The average molecular weight is 267 g/mol. The Morgan fingerprint density at radius 2 is 2.26 bits per heavy atom. The zero-order chi connectivity index (χ0) is 14.0. The molecule has 1 aromatic heterocycles. The summed E-state index contributed by atoms with van der Waals surface area (Å²) in [7, 11) is 0. The number of ether oxygens (including phenoxy) is 1. The Hall–Kier alpha value is -1.40. The maximum absolute atomic E-state index is 12.3. The summed E-state index contributed by atoms with van der Waals surface area (Å²) in [5.41, 5.74) is 1.89. The van der Waals surface area contributed by atoms with Gasteiger partial charge in [-0.1, -0.05) is 0 Å². The number of carbonyl (C=O) groups excluding carboxylic acids is 1. The molecule has 0 spiro atoms. The fourth-order valence-electron chi connectivity index (χ4n) is 2.41. The Morgan fingerprint density at radius 3 is 2.84 bits per heavy atom. The van der Waals surface area contributed by atoms with E-state index in [0.29, 0.717) is 13.1 Å². The van der Waals surface area contributed by atoms with Crippen LogP contribution in [-0.2, 0) is 16.1 Å². The molecule has 2 atom stereocenters. The van der Waals surface area contributed by atoms with Crippen molar-refractivity contribution in [3.05, 3.63) is 17.5 Å². The maximum atomic E-state index is 12.3. The molecule has 0 aromatic carbocycles. The number of hydrogen-bond donors (Lipinski definition) is 1. The summed E-state index contributed by atoms with van der Waals surface area (Å²) in [6, 6.07) is 1.95. The van der Waals surface area contributed by atoms with E-state index in [1.165, 1.54) is 0 Å². The van der Waals surface area contributed by atoms with Gasteiger partial charge in [-0.15, -0.1) is 0 Å². The molecule has 19 heavy (non-hydrogen) atoms. The zero-order valence-electron chi connectivity index (χ0n) is 11.7.